The number of benzene rings is 1. The monoisotopic (exact) mass is 532 g/mol. The topological polar surface area (TPSA) is 92.7 Å². The van der Waals surface area contributed by atoms with Crippen molar-refractivity contribution in [1.82, 2.24) is 0 Å². The minimum atomic E-state index is -4.55. The summed E-state index contributed by atoms with van der Waals surface area (Å²) < 4.78 is 71.5. The van der Waals surface area contributed by atoms with E-state index in [0.717, 1.165) is 0 Å². The summed E-state index contributed by atoms with van der Waals surface area (Å²) in [5.41, 5.74) is 0.271. The molecule has 1 N–H and O–H groups in total. The molecule has 0 aromatic heterocycles. The minimum Gasteiger partial charge on any atom is -0.484 e. The third-order valence-corrected chi connectivity index (χ3v) is 6.32. The van der Waals surface area contributed by atoms with Gasteiger partial charge in [0.25, 0.3) is 0 Å². The number of fused-ring (bicyclic) bond motifs is 2. The van der Waals surface area contributed by atoms with E-state index < -0.39 is 49.0 Å². The second kappa shape index (κ2) is 12.0. The maximum atomic E-state index is 13.3. The van der Waals surface area contributed by atoms with Crippen molar-refractivity contribution in [2.75, 3.05) is 20.5 Å². The standard InChI is InChI=1S/C26H35F3O8/c1-15-9-10-19(30)23-20(36-25(3,4)37-23)8-6-7-17-11-18(33-13-26(27,28)29)12-21(34-14-32-5)22(17)24(31)35-16(15)2/h6-7,11-12,15-16,19-20,23,30H,8-10,13-14H2,1-5H3/b7-6+/t15-,16+,19?,20+,23-/m1/s1. The van der Waals surface area contributed by atoms with Crippen molar-refractivity contribution >= 4 is 12.0 Å². The van der Waals surface area contributed by atoms with Gasteiger partial charge in [0.05, 0.1) is 12.2 Å². The highest BCUT2D eigenvalue weighted by atomic mass is 19.4. The number of rotatable bonds is 5. The van der Waals surface area contributed by atoms with Gasteiger partial charge in [-0.15, -0.1) is 0 Å². The van der Waals surface area contributed by atoms with Crippen molar-refractivity contribution in [3.63, 3.8) is 0 Å². The van der Waals surface area contributed by atoms with Gasteiger partial charge in [-0.05, 0) is 57.6 Å². The summed E-state index contributed by atoms with van der Waals surface area (Å²) in [6, 6.07) is 2.53. The van der Waals surface area contributed by atoms with Gasteiger partial charge in [-0.2, -0.15) is 13.2 Å². The van der Waals surface area contributed by atoms with Crippen molar-refractivity contribution < 1.29 is 51.5 Å². The number of hydrogen-bond acceptors (Lipinski definition) is 8. The van der Waals surface area contributed by atoms with E-state index in [1.165, 1.54) is 19.2 Å². The number of carbonyl (C=O) groups excluding carboxylic acids is 1. The van der Waals surface area contributed by atoms with E-state index in [2.05, 4.69) is 0 Å². The Morgan fingerprint density at radius 2 is 1.86 bits per heavy atom. The highest BCUT2D eigenvalue weighted by Gasteiger charge is 2.44. The highest BCUT2D eigenvalue weighted by Crippen LogP contribution is 2.36. The number of carbonyl (C=O) groups is 1. The molecule has 2 heterocycles. The van der Waals surface area contributed by atoms with E-state index in [-0.39, 0.29) is 35.3 Å². The first-order chi connectivity index (χ1) is 17.3. The molecule has 1 aromatic rings. The first-order valence-electron chi connectivity index (χ1n) is 12.2. The fourth-order valence-electron chi connectivity index (χ4n) is 4.32. The summed E-state index contributed by atoms with van der Waals surface area (Å²) in [5, 5.41) is 10.8. The molecule has 0 spiro atoms. The first-order valence-corrected chi connectivity index (χ1v) is 12.2. The number of cyclic esters (lactones) is 1. The Bertz CT molecular complexity index is 962. The summed E-state index contributed by atoms with van der Waals surface area (Å²) in [7, 11) is 1.38. The molecule has 1 aromatic carbocycles. The van der Waals surface area contributed by atoms with Crippen LogP contribution in [0.15, 0.2) is 18.2 Å². The summed E-state index contributed by atoms with van der Waals surface area (Å²) in [6.07, 6.45) is -2.36. The fraction of sp³-hybridized carbons (Fsp3) is 0.654. The number of aliphatic hydroxyl groups is 1. The Hall–Kier alpha value is -2.34. The molecule has 1 saturated heterocycles. The maximum Gasteiger partial charge on any atom is 0.422 e. The van der Waals surface area contributed by atoms with Crippen LogP contribution in [-0.2, 0) is 18.9 Å². The van der Waals surface area contributed by atoms with E-state index in [0.29, 0.717) is 19.3 Å². The molecule has 208 valence electrons. The van der Waals surface area contributed by atoms with Crippen LogP contribution in [0.1, 0.15) is 62.9 Å². The maximum absolute atomic E-state index is 13.3. The van der Waals surface area contributed by atoms with Crippen LogP contribution in [0.4, 0.5) is 13.2 Å². The van der Waals surface area contributed by atoms with Gasteiger partial charge in [0.1, 0.15) is 29.3 Å². The van der Waals surface area contributed by atoms with Crippen LogP contribution in [0.5, 0.6) is 11.5 Å². The molecule has 2 aliphatic heterocycles. The molecule has 11 heteroatoms. The summed E-state index contributed by atoms with van der Waals surface area (Å²) in [6.45, 7) is 5.41. The van der Waals surface area contributed by atoms with Crippen molar-refractivity contribution in [3.8, 4) is 11.5 Å². The van der Waals surface area contributed by atoms with E-state index in [1.807, 2.05) is 6.92 Å². The van der Waals surface area contributed by atoms with Crippen molar-refractivity contribution in [3.05, 3.63) is 29.3 Å². The normalized spacial score (nSPS) is 29.4. The molecule has 8 nitrogen and oxygen atoms in total. The Balaban J connectivity index is 2.05. The number of alkyl halides is 3. The molecule has 0 saturated carbocycles. The lowest BCUT2D eigenvalue weighted by Gasteiger charge is -2.26. The van der Waals surface area contributed by atoms with Crippen LogP contribution in [0, 0.1) is 5.92 Å². The largest absolute Gasteiger partial charge is 0.484 e. The molecular weight excluding hydrogens is 497 g/mol. The highest BCUT2D eigenvalue weighted by molar-refractivity contribution is 5.97. The Morgan fingerprint density at radius 1 is 1.14 bits per heavy atom. The lowest BCUT2D eigenvalue weighted by Crippen LogP contribution is -2.36. The van der Waals surface area contributed by atoms with Crippen molar-refractivity contribution in [1.29, 1.82) is 0 Å². The number of esters is 1. The molecule has 1 fully saturated rings. The van der Waals surface area contributed by atoms with Gasteiger partial charge in [0, 0.05) is 13.2 Å². The van der Waals surface area contributed by atoms with E-state index in [1.54, 1.807) is 32.9 Å². The van der Waals surface area contributed by atoms with Crippen LogP contribution in [-0.4, -0.2) is 68.0 Å². The van der Waals surface area contributed by atoms with Crippen LogP contribution in [0.2, 0.25) is 0 Å². The third kappa shape index (κ3) is 8.07. The summed E-state index contributed by atoms with van der Waals surface area (Å²) in [5.74, 6) is -1.88. The predicted molar refractivity (Wildman–Crippen MR) is 127 cm³/mol. The Kier molecular flexibility index (Phi) is 9.49. The molecule has 5 atom stereocenters. The van der Waals surface area contributed by atoms with Crippen LogP contribution in [0.3, 0.4) is 0 Å². The lowest BCUT2D eigenvalue weighted by molar-refractivity contribution is -0.155. The molecule has 37 heavy (non-hydrogen) atoms. The van der Waals surface area contributed by atoms with E-state index >= 15 is 0 Å². The molecule has 0 amide bonds. The van der Waals surface area contributed by atoms with Gasteiger partial charge in [-0.1, -0.05) is 19.1 Å². The smallest absolute Gasteiger partial charge is 0.422 e. The number of methoxy groups -OCH3 is 1. The lowest BCUT2D eigenvalue weighted by atomic mass is 9.93. The van der Waals surface area contributed by atoms with Crippen molar-refractivity contribution in [2.45, 2.75) is 83.3 Å². The van der Waals surface area contributed by atoms with Gasteiger partial charge in [-0.3, -0.25) is 0 Å². The second-order valence-electron chi connectivity index (χ2n) is 9.85. The van der Waals surface area contributed by atoms with Gasteiger partial charge < -0.3 is 33.5 Å². The number of aliphatic hydroxyl groups excluding tert-OH is 1. The van der Waals surface area contributed by atoms with E-state index in [4.69, 9.17) is 28.4 Å². The molecule has 0 aliphatic carbocycles. The second-order valence-corrected chi connectivity index (χ2v) is 9.85. The van der Waals surface area contributed by atoms with Gasteiger partial charge in [-0.25, -0.2) is 4.79 Å². The summed E-state index contributed by atoms with van der Waals surface area (Å²) >= 11 is 0. The van der Waals surface area contributed by atoms with Gasteiger partial charge in [0.2, 0.25) is 0 Å². The molecular formula is C26H35F3O8. The summed E-state index contributed by atoms with van der Waals surface area (Å²) in [4.78, 5) is 13.3. The first kappa shape index (κ1) is 29.2. The SMILES string of the molecule is COCOc1cc(OCC(F)(F)F)cc2c1C(=O)O[C@@H](C)[C@H](C)CCC(O)[C@H]1OC(C)(C)O[C@H]1C/C=C/2. The zero-order valence-corrected chi connectivity index (χ0v) is 21.7. The average molecular weight is 533 g/mol. The number of ether oxygens (including phenoxy) is 6. The van der Waals surface area contributed by atoms with E-state index in [9.17, 15) is 23.1 Å². The number of hydrogen-bond donors (Lipinski definition) is 1. The molecule has 2 aliphatic rings. The Morgan fingerprint density at radius 3 is 2.54 bits per heavy atom. The zero-order chi connectivity index (χ0) is 27.4. The molecule has 1 unspecified atom stereocenters. The third-order valence-electron chi connectivity index (χ3n) is 6.32. The van der Waals surface area contributed by atoms with Gasteiger partial charge in [0.15, 0.2) is 19.2 Å². The predicted octanol–water partition coefficient (Wildman–Crippen LogP) is 4.87. The molecule has 0 radical (unpaired) electrons. The quantitative estimate of drug-likeness (QED) is 0.424. The van der Waals surface area contributed by atoms with Crippen molar-refractivity contribution in [2.24, 2.45) is 5.92 Å². The zero-order valence-electron chi connectivity index (χ0n) is 21.7. The van der Waals surface area contributed by atoms with Crippen LogP contribution in [0.25, 0.3) is 6.08 Å². The minimum absolute atomic E-state index is 0.0317. The number of halogens is 3. The van der Waals surface area contributed by atoms with Crippen LogP contribution < -0.4 is 9.47 Å². The fourth-order valence-corrected chi connectivity index (χ4v) is 4.32. The molecule has 0 bridgehead atoms. The molecule has 3 rings (SSSR count). The average Bonchev–Trinajstić information content (AvgIpc) is 3.12. The Labute approximate surface area is 214 Å². The van der Waals surface area contributed by atoms with Gasteiger partial charge >= 0.3 is 12.1 Å². The van der Waals surface area contributed by atoms with Crippen LogP contribution >= 0.6 is 0 Å².